The minimum atomic E-state index is 0. The summed E-state index contributed by atoms with van der Waals surface area (Å²) in [5, 5.41) is 0. The molecule has 0 aliphatic rings. The Balaban J connectivity index is -0.0000000512. The summed E-state index contributed by atoms with van der Waals surface area (Å²) in [5.41, 5.74) is 0.329. The molecule has 0 N–H and O–H groups in total. The molecule has 82 valence electrons. The fourth-order valence-electron chi connectivity index (χ4n) is 0. The number of hydrogen-bond donors (Lipinski definition) is 0. The molecular formula is C10H21W3-3. The molecule has 0 rings (SSSR count). The SMILES string of the molecule is CC(C)(C)[C-]=[W].C[C-](C)C.[CH3-].[W]=[W]. The van der Waals surface area contributed by atoms with E-state index in [1.165, 1.54) is 25.3 Å². The summed E-state index contributed by atoms with van der Waals surface area (Å²) in [7, 11) is 0. The summed E-state index contributed by atoms with van der Waals surface area (Å²) >= 11 is 4.78. The summed E-state index contributed by atoms with van der Waals surface area (Å²) in [6.45, 7) is 12.7. The standard InChI is InChI=1S/C5H9.C4H9.CH3.3W/c1-5(2,3)4;1-4(2)3;;;;/h1-3H3;1-3H3;1H3;;;/q3*-1;;;. The molecule has 0 aliphatic carbocycles. The molecule has 0 spiro atoms. The Bertz CT molecular complexity index is 90.1. The maximum atomic E-state index is 3.19. The van der Waals surface area contributed by atoms with E-state index in [0.29, 0.717) is 5.41 Å². The van der Waals surface area contributed by atoms with Gasteiger partial charge in [-0.15, -0.1) is 0 Å². The Morgan fingerprint density at radius 1 is 1.00 bits per heavy atom. The van der Waals surface area contributed by atoms with Gasteiger partial charge in [-0.25, -0.2) is 0 Å². The molecule has 0 aromatic heterocycles. The average molecular weight is 693 g/mol. The van der Waals surface area contributed by atoms with Crippen molar-refractivity contribution in [3.8, 4) is 0 Å². The van der Waals surface area contributed by atoms with E-state index in [0.717, 1.165) is 0 Å². The molecule has 0 saturated heterocycles. The second-order valence-corrected chi connectivity index (χ2v) is 4.59. The molecular weight excluding hydrogens is 672 g/mol. The van der Waals surface area contributed by atoms with E-state index in [-0.39, 0.29) is 7.43 Å². The first-order valence-electron chi connectivity index (χ1n) is 3.62. The van der Waals surface area contributed by atoms with Gasteiger partial charge in [-0.1, -0.05) is 0 Å². The number of rotatable bonds is 0. The van der Waals surface area contributed by atoms with Crippen molar-refractivity contribution < 1.29 is 51.8 Å². The molecule has 0 bridgehead atoms. The monoisotopic (exact) mass is 693 g/mol. The third kappa shape index (κ3) is 81.5. The minimum absolute atomic E-state index is 0. The fraction of sp³-hybridized carbons (Fsp3) is 0.700. The quantitative estimate of drug-likeness (QED) is 0.342. The van der Waals surface area contributed by atoms with Crippen LogP contribution in [0.1, 0.15) is 41.5 Å². The zero-order valence-corrected chi connectivity index (χ0v) is 18.5. The Labute approximate surface area is 115 Å². The van der Waals surface area contributed by atoms with Gasteiger partial charge in [-0.2, -0.15) is 20.8 Å². The molecule has 0 atom stereocenters. The van der Waals surface area contributed by atoms with E-state index in [1.54, 1.807) is 32.4 Å². The summed E-state index contributed by atoms with van der Waals surface area (Å²) in [6.07, 6.45) is 0. The molecule has 0 fully saturated rings. The van der Waals surface area contributed by atoms with Crippen LogP contribution in [0.3, 0.4) is 0 Å². The molecule has 0 radical (unpaired) electrons. The van der Waals surface area contributed by atoms with Crippen molar-refractivity contribution in [2.45, 2.75) is 41.5 Å². The van der Waals surface area contributed by atoms with Crippen LogP contribution < -0.4 is 0 Å². The van der Waals surface area contributed by atoms with Crippen LogP contribution in [-0.2, 0) is 51.8 Å². The topological polar surface area (TPSA) is 0 Å². The summed E-state index contributed by atoms with van der Waals surface area (Å²) < 4.78 is 3.19. The van der Waals surface area contributed by atoms with Crippen molar-refractivity contribution in [3.05, 3.63) is 13.3 Å². The van der Waals surface area contributed by atoms with Crippen molar-refractivity contribution in [2.75, 3.05) is 0 Å². The van der Waals surface area contributed by atoms with Gasteiger partial charge in [0.05, 0.1) is 0 Å². The van der Waals surface area contributed by atoms with Crippen LogP contribution in [0.15, 0.2) is 0 Å². The van der Waals surface area contributed by atoms with Crippen molar-refractivity contribution in [3.63, 3.8) is 0 Å². The molecule has 0 unspecified atom stereocenters. The van der Waals surface area contributed by atoms with Gasteiger partial charge in [0.2, 0.25) is 0 Å². The summed E-state index contributed by atoms with van der Waals surface area (Å²) in [6, 6.07) is 0. The first-order chi connectivity index (χ1) is 5.29. The Hall–Kier alpha value is 1.93. The van der Waals surface area contributed by atoms with Crippen LogP contribution in [-0.4, -0.2) is 4.40 Å². The summed E-state index contributed by atoms with van der Waals surface area (Å²) in [5.74, 6) is 1.42. The molecule has 0 saturated carbocycles. The van der Waals surface area contributed by atoms with Crippen LogP contribution in [0, 0.1) is 18.8 Å². The second-order valence-electron chi connectivity index (χ2n) is 3.85. The van der Waals surface area contributed by atoms with Gasteiger partial charge < -0.3 is 13.3 Å². The molecule has 0 amide bonds. The predicted octanol–water partition coefficient (Wildman–Crippen LogP) is 3.32. The zero-order chi connectivity index (χ0) is 10.8. The van der Waals surface area contributed by atoms with Gasteiger partial charge in [-0.05, 0) is 0 Å². The normalized spacial score (nSPS) is 8.23. The van der Waals surface area contributed by atoms with Gasteiger partial charge in [0, 0.05) is 0 Å². The Morgan fingerprint density at radius 3 is 1.08 bits per heavy atom. The third-order valence-electron chi connectivity index (χ3n) is 0.306. The Kier molecular flexibility index (Phi) is 30.5. The zero-order valence-electron chi connectivity index (χ0n) is 9.72. The van der Waals surface area contributed by atoms with E-state index in [4.69, 9.17) is 0 Å². The van der Waals surface area contributed by atoms with E-state index in [9.17, 15) is 0 Å². The predicted molar refractivity (Wildman–Crippen MR) is 51.1 cm³/mol. The summed E-state index contributed by atoms with van der Waals surface area (Å²) in [4.78, 5) is 0. The van der Waals surface area contributed by atoms with Crippen molar-refractivity contribution in [2.24, 2.45) is 5.41 Å². The van der Waals surface area contributed by atoms with Crippen LogP contribution >= 0.6 is 0 Å². The number of hydrogen-bond acceptors (Lipinski definition) is 0. The fourth-order valence-corrected chi connectivity index (χ4v) is 0. The second kappa shape index (κ2) is 16.4. The molecule has 0 aliphatic heterocycles. The van der Waals surface area contributed by atoms with Gasteiger partial charge in [0.1, 0.15) is 0 Å². The van der Waals surface area contributed by atoms with Crippen LogP contribution in [0.25, 0.3) is 0 Å². The molecule has 13 heavy (non-hydrogen) atoms. The van der Waals surface area contributed by atoms with E-state index in [2.05, 4.69) is 45.9 Å². The average Bonchev–Trinajstić information content (AvgIpc) is 1.90. The van der Waals surface area contributed by atoms with Crippen molar-refractivity contribution >= 4 is 4.40 Å². The first-order valence-corrected chi connectivity index (χ1v) is 16.1. The van der Waals surface area contributed by atoms with Crippen LogP contribution in [0.5, 0.6) is 0 Å². The first kappa shape index (κ1) is 24.3. The van der Waals surface area contributed by atoms with Gasteiger partial charge in [0.25, 0.3) is 0 Å². The van der Waals surface area contributed by atoms with Crippen molar-refractivity contribution in [1.82, 2.24) is 0 Å². The molecule has 0 nitrogen and oxygen atoms in total. The molecule has 0 aromatic carbocycles. The molecule has 0 aromatic rings. The van der Waals surface area contributed by atoms with Gasteiger partial charge >= 0.3 is 82.4 Å². The van der Waals surface area contributed by atoms with Crippen molar-refractivity contribution in [1.29, 1.82) is 0 Å². The third-order valence-corrected chi connectivity index (χ3v) is 2.51. The maximum absolute atomic E-state index is 3.19. The van der Waals surface area contributed by atoms with Gasteiger partial charge in [0.15, 0.2) is 0 Å². The van der Waals surface area contributed by atoms with E-state index in [1.807, 2.05) is 0 Å². The Morgan fingerprint density at radius 2 is 1.08 bits per heavy atom. The van der Waals surface area contributed by atoms with E-state index >= 15 is 0 Å². The molecule has 3 heteroatoms. The van der Waals surface area contributed by atoms with Gasteiger partial charge in [-0.3, -0.25) is 0 Å². The van der Waals surface area contributed by atoms with E-state index < -0.39 is 0 Å². The van der Waals surface area contributed by atoms with Crippen LogP contribution in [0.4, 0.5) is 0 Å². The molecule has 0 heterocycles. The van der Waals surface area contributed by atoms with Crippen LogP contribution in [0.2, 0.25) is 0 Å².